The van der Waals surface area contributed by atoms with Crippen molar-refractivity contribution < 1.29 is 14.2 Å². The predicted molar refractivity (Wildman–Crippen MR) is 130 cm³/mol. The highest BCUT2D eigenvalue weighted by Crippen LogP contribution is 2.33. The molecule has 4 rings (SSSR count). The van der Waals surface area contributed by atoms with Crippen LogP contribution in [0.1, 0.15) is 32.6 Å². The van der Waals surface area contributed by atoms with Gasteiger partial charge >= 0.3 is 0 Å². The molecule has 2 fully saturated rings. The summed E-state index contributed by atoms with van der Waals surface area (Å²) < 4.78 is 17.2. The third-order valence-electron chi connectivity index (χ3n) is 6.01. The van der Waals surface area contributed by atoms with Gasteiger partial charge in [0.05, 0.1) is 38.1 Å². The molecule has 2 aliphatic rings. The van der Waals surface area contributed by atoms with Gasteiger partial charge in [-0.2, -0.15) is 4.99 Å². The number of fused-ring (bicyclic) bond motifs is 1. The number of benzene rings is 1. The van der Waals surface area contributed by atoms with Crippen molar-refractivity contribution in [3.05, 3.63) is 36.5 Å². The fourth-order valence-electron chi connectivity index (χ4n) is 4.24. The molecule has 1 saturated heterocycles. The number of nitrogens with zero attached hydrogens (tertiary/aromatic N) is 5. The smallest absolute Gasteiger partial charge is 0.186 e. The fourth-order valence-corrected chi connectivity index (χ4v) is 4.24. The number of morpholine rings is 1. The van der Waals surface area contributed by atoms with Gasteiger partial charge in [0, 0.05) is 50.2 Å². The Hall–Kier alpha value is -3.20. The van der Waals surface area contributed by atoms with Crippen LogP contribution in [0.5, 0.6) is 5.75 Å². The van der Waals surface area contributed by atoms with E-state index in [1.165, 1.54) is 0 Å². The van der Waals surface area contributed by atoms with Crippen LogP contribution in [-0.2, 0) is 9.47 Å². The first kappa shape index (κ1) is 23.0. The molecule has 2 aromatic rings. The Kier molecular flexibility index (Phi) is 7.72. The van der Waals surface area contributed by atoms with Crippen LogP contribution in [0, 0.1) is 0 Å². The van der Waals surface area contributed by atoms with E-state index in [9.17, 15) is 0 Å². The number of aromatic nitrogens is 2. The SMILES string of the molecule is C=N/C=C(\N=C(C)OC)NC1CCC(Oc2cc(N3CCOCC3)cc3nccnc23)CC1. The van der Waals surface area contributed by atoms with E-state index >= 15 is 0 Å². The van der Waals surface area contributed by atoms with Gasteiger partial charge in [-0.1, -0.05) is 0 Å². The molecule has 9 nitrogen and oxygen atoms in total. The van der Waals surface area contributed by atoms with Gasteiger partial charge in [-0.3, -0.25) is 9.98 Å². The van der Waals surface area contributed by atoms with E-state index in [4.69, 9.17) is 14.2 Å². The number of ether oxygens (including phenoxy) is 3. The van der Waals surface area contributed by atoms with Crippen molar-refractivity contribution in [3.8, 4) is 5.75 Å². The first-order valence-electron chi connectivity index (χ1n) is 11.4. The van der Waals surface area contributed by atoms with Gasteiger partial charge in [-0.25, -0.2) is 4.98 Å². The van der Waals surface area contributed by atoms with Crippen molar-refractivity contribution in [3.63, 3.8) is 0 Å². The standard InChI is InChI=1S/C24H32N6O3/c1-17(31-3)28-23(16-25-2)29-18-4-6-20(7-5-18)33-22-15-19(30-10-12-32-13-11-30)14-21-24(22)27-9-8-26-21/h8-9,14-16,18,20,29H,2,4-7,10-13H2,1,3H3/b23-16+,28-17?. The molecular weight excluding hydrogens is 420 g/mol. The van der Waals surface area contributed by atoms with Crippen LogP contribution in [0.4, 0.5) is 5.69 Å². The number of methoxy groups -OCH3 is 1. The maximum absolute atomic E-state index is 6.50. The van der Waals surface area contributed by atoms with E-state index in [-0.39, 0.29) is 6.10 Å². The molecule has 0 atom stereocenters. The zero-order chi connectivity index (χ0) is 23.0. The summed E-state index contributed by atoms with van der Waals surface area (Å²) in [5, 5.41) is 3.45. The summed E-state index contributed by atoms with van der Waals surface area (Å²) in [4.78, 5) is 19.6. The van der Waals surface area contributed by atoms with Crippen molar-refractivity contribution in [2.45, 2.75) is 44.8 Å². The molecule has 0 radical (unpaired) electrons. The predicted octanol–water partition coefficient (Wildman–Crippen LogP) is 3.31. The van der Waals surface area contributed by atoms with Gasteiger partial charge in [0.15, 0.2) is 5.90 Å². The molecule has 1 N–H and O–H groups in total. The zero-order valence-corrected chi connectivity index (χ0v) is 19.4. The number of rotatable bonds is 7. The topological polar surface area (TPSA) is 93.5 Å². The second kappa shape index (κ2) is 11.1. The quantitative estimate of drug-likeness (QED) is 0.509. The van der Waals surface area contributed by atoms with Crippen LogP contribution in [0.3, 0.4) is 0 Å². The summed E-state index contributed by atoms with van der Waals surface area (Å²) in [6.07, 6.45) is 8.99. The van der Waals surface area contributed by atoms with Crippen LogP contribution in [0.2, 0.25) is 0 Å². The van der Waals surface area contributed by atoms with Crippen molar-refractivity contribution in [2.75, 3.05) is 38.3 Å². The van der Waals surface area contributed by atoms with E-state index in [0.717, 1.165) is 74.5 Å². The summed E-state index contributed by atoms with van der Waals surface area (Å²) in [5.41, 5.74) is 2.76. The third-order valence-corrected chi connectivity index (χ3v) is 6.01. The molecule has 2 heterocycles. The first-order valence-corrected chi connectivity index (χ1v) is 11.4. The highest BCUT2D eigenvalue weighted by Gasteiger charge is 2.24. The van der Waals surface area contributed by atoms with Crippen molar-refractivity contribution in [2.24, 2.45) is 9.98 Å². The second-order valence-corrected chi connectivity index (χ2v) is 8.24. The minimum absolute atomic E-state index is 0.127. The number of anilines is 1. The average molecular weight is 453 g/mol. The average Bonchev–Trinajstić information content (AvgIpc) is 2.85. The molecule has 1 aliphatic carbocycles. The van der Waals surface area contributed by atoms with Gasteiger partial charge in [0.2, 0.25) is 0 Å². The van der Waals surface area contributed by atoms with Crippen LogP contribution >= 0.6 is 0 Å². The monoisotopic (exact) mass is 452 g/mol. The maximum atomic E-state index is 6.50. The summed E-state index contributed by atoms with van der Waals surface area (Å²) in [6, 6.07) is 4.49. The normalized spacial score (nSPS) is 22.2. The summed E-state index contributed by atoms with van der Waals surface area (Å²) in [6.45, 7) is 8.53. The lowest BCUT2D eigenvalue weighted by atomic mass is 9.93. The molecule has 0 amide bonds. The molecule has 9 heteroatoms. The number of hydrogen-bond acceptors (Lipinski definition) is 9. The minimum Gasteiger partial charge on any atom is -0.488 e. The van der Waals surface area contributed by atoms with Crippen molar-refractivity contribution in [1.82, 2.24) is 15.3 Å². The van der Waals surface area contributed by atoms with Gasteiger partial charge in [-0.05, 0) is 38.5 Å². The molecule has 1 aliphatic heterocycles. The number of aliphatic imine (C=N–C) groups is 2. The lowest BCUT2D eigenvalue weighted by molar-refractivity contribution is 0.122. The van der Waals surface area contributed by atoms with Crippen LogP contribution in [-0.4, -0.2) is 68.1 Å². The molecule has 33 heavy (non-hydrogen) atoms. The van der Waals surface area contributed by atoms with E-state index in [1.54, 1.807) is 25.7 Å². The fraction of sp³-hybridized carbons (Fsp3) is 0.500. The molecule has 1 saturated carbocycles. The van der Waals surface area contributed by atoms with Crippen LogP contribution < -0.4 is 15.0 Å². The molecule has 176 valence electrons. The molecule has 1 aromatic heterocycles. The van der Waals surface area contributed by atoms with Gasteiger partial charge in [0.25, 0.3) is 0 Å². The second-order valence-electron chi connectivity index (χ2n) is 8.24. The molecule has 0 unspecified atom stereocenters. The minimum atomic E-state index is 0.127. The Bertz CT molecular complexity index is 1010. The van der Waals surface area contributed by atoms with Gasteiger partial charge in [0.1, 0.15) is 17.1 Å². The highest BCUT2D eigenvalue weighted by atomic mass is 16.5. The van der Waals surface area contributed by atoms with Gasteiger partial charge < -0.3 is 24.4 Å². The zero-order valence-electron chi connectivity index (χ0n) is 19.4. The maximum Gasteiger partial charge on any atom is 0.186 e. The Balaban J connectivity index is 1.43. The largest absolute Gasteiger partial charge is 0.488 e. The van der Waals surface area contributed by atoms with Crippen molar-refractivity contribution in [1.29, 1.82) is 0 Å². The Labute approximate surface area is 194 Å². The van der Waals surface area contributed by atoms with E-state index in [0.29, 0.717) is 17.8 Å². The van der Waals surface area contributed by atoms with E-state index < -0.39 is 0 Å². The molecule has 0 spiro atoms. The molecular formula is C24H32N6O3. The summed E-state index contributed by atoms with van der Waals surface area (Å²) in [7, 11) is 1.60. The van der Waals surface area contributed by atoms with Crippen molar-refractivity contribution >= 4 is 29.3 Å². The lowest BCUT2D eigenvalue weighted by Crippen LogP contribution is -2.36. The van der Waals surface area contributed by atoms with E-state index in [1.807, 2.05) is 6.92 Å². The first-order chi connectivity index (χ1) is 16.2. The lowest BCUT2D eigenvalue weighted by Gasteiger charge is -2.31. The van der Waals surface area contributed by atoms with Crippen LogP contribution in [0.15, 0.2) is 46.5 Å². The van der Waals surface area contributed by atoms with E-state index in [2.05, 4.69) is 49.0 Å². The summed E-state index contributed by atoms with van der Waals surface area (Å²) in [5.74, 6) is 2.03. The Morgan fingerprint density at radius 1 is 1.18 bits per heavy atom. The van der Waals surface area contributed by atoms with Gasteiger partial charge in [-0.15, -0.1) is 0 Å². The molecule has 0 bridgehead atoms. The van der Waals surface area contributed by atoms with Crippen LogP contribution in [0.25, 0.3) is 11.0 Å². The Morgan fingerprint density at radius 3 is 2.67 bits per heavy atom. The molecule has 1 aromatic carbocycles. The highest BCUT2D eigenvalue weighted by molar-refractivity contribution is 5.85. The number of hydrogen-bond donors (Lipinski definition) is 1. The number of nitrogens with one attached hydrogen (secondary N) is 1. The summed E-state index contributed by atoms with van der Waals surface area (Å²) >= 11 is 0. The Morgan fingerprint density at radius 2 is 1.94 bits per heavy atom. The third kappa shape index (κ3) is 5.98.